The molecule has 0 atom stereocenters. The van der Waals surface area contributed by atoms with E-state index >= 15 is 0 Å². The molecule has 5 aromatic rings. The number of aryl methyl sites for hydroxylation is 2. The Morgan fingerprint density at radius 2 is 1.53 bits per heavy atom. The van der Waals surface area contributed by atoms with Crippen LogP contribution in [-0.2, 0) is 14.1 Å². The minimum Gasteiger partial charge on any atom is -0.373 e. The summed E-state index contributed by atoms with van der Waals surface area (Å²) in [6.07, 6.45) is 7.06. The lowest BCUT2D eigenvalue weighted by atomic mass is 10.2. The van der Waals surface area contributed by atoms with E-state index in [1.54, 1.807) is 31.1 Å². The van der Waals surface area contributed by atoms with Gasteiger partial charge >= 0.3 is 0 Å². The van der Waals surface area contributed by atoms with Gasteiger partial charge in [-0.25, -0.2) is 19.9 Å². The van der Waals surface area contributed by atoms with Crippen molar-refractivity contribution in [3.63, 3.8) is 0 Å². The summed E-state index contributed by atoms with van der Waals surface area (Å²) in [7, 11) is 7.67. The molecule has 1 aromatic carbocycles. The maximum absolute atomic E-state index is 9.19. The standard InChI is InChI=1S/C15H13N5.C8H10N4/c1-19-10-18-12-9-17-15(7-14(12)19)20(2)13-6-4-3-5-11(13)8-16;1-9-8-3-7-6(4-10-8)11-5-12(7)2/h3-7,9-10H,1-2H3;3-5H,1-2H3,(H,9,10). The number of nitriles is 1. The highest BCUT2D eigenvalue weighted by Crippen LogP contribution is 2.26. The van der Waals surface area contributed by atoms with E-state index in [1.807, 2.05) is 72.6 Å². The van der Waals surface area contributed by atoms with Crippen LogP contribution in [0, 0.1) is 11.3 Å². The normalized spacial score (nSPS) is 10.5. The molecule has 0 fully saturated rings. The number of imidazole rings is 2. The zero-order chi connectivity index (χ0) is 22.7. The van der Waals surface area contributed by atoms with E-state index in [2.05, 4.69) is 31.3 Å². The van der Waals surface area contributed by atoms with Crippen LogP contribution in [0.25, 0.3) is 22.1 Å². The third-order valence-electron chi connectivity index (χ3n) is 5.19. The molecule has 0 aliphatic rings. The third-order valence-corrected chi connectivity index (χ3v) is 5.19. The van der Waals surface area contributed by atoms with E-state index in [9.17, 15) is 5.26 Å². The Hall–Kier alpha value is -4.45. The van der Waals surface area contributed by atoms with E-state index < -0.39 is 0 Å². The number of fused-ring (bicyclic) bond motifs is 2. The van der Waals surface area contributed by atoms with Crippen molar-refractivity contribution in [3.05, 3.63) is 67.0 Å². The van der Waals surface area contributed by atoms with Gasteiger partial charge in [-0.05, 0) is 12.1 Å². The topological polar surface area (TPSA) is 100 Å². The molecule has 160 valence electrons. The van der Waals surface area contributed by atoms with Crippen molar-refractivity contribution in [2.45, 2.75) is 0 Å². The van der Waals surface area contributed by atoms with Crippen molar-refractivity contribution in [3.8, 4) is 6.07 Å². The van der Waals surface area contributed by atoms with Crippen molar-refractivity contribution in [1.82, 2.24) is 29.1 Å². The predicted octanol–water partition coefficient (Wildman–Crippen LogP) is 3.62. The van der Waals surface area contributed by atoms with Gasteiger partial charge < -0.3 is 19.4 Å². The summed E-state index contributed by atoms with van der Waals surface area (Å²) in [6, 6.07) is 13.6. The first-order valence-corrected chi connectivity index (χ1v) is 9.96. The zero-order valence-corrected chi connectivity index (χ0v) is 18.4. The number of pyridine rings is 2. The van der Waals surface area contributed by atoms with Crippen LogP contribution in [0.4, 0.5) is 17.3 Å². The summed E-state index contributed by atoms with van der Waals surface area (Å²) in [4.78, 5) is 18.9. The first-order valence-electron chi connectivity index (χ1n) is 9.96. The van der Waals surface area contributed by atoms with Crippen LogP contribution < -0.4 is 10.2 Å². The maximum atomic E-state index is 9.19. The number of nitrogens with one attached hydrogen (secondary N) is 1. The van der Waals surface area contributed by atoms with Gasteiger partial charge in [0.25, 0.3) is 0 Å². The largest absolute Gasteiger partial charge is 0.373 e. The number of benzene rings is 1. The molecule has 0 spiro atoms. The Kier molecular flexibility index (Phi) is 5.68. The van der Waals surface area contributed by atoms with Gasteiger partial charge in [-0.2, -0.15) is 5.26 Å². The number of nitrogens with zero attached hydrogens (tertiary/aromatic N) is 8. The predicted molar refractivity (Wildman–Crippen MR) is 126 cm³/mol. The Balaban J connectivity index is 0.000000174. The van der Waals surface area contributed by atoms with Crippen molar-refractivity contribution < 1.29 is 0 Å². The summed E-state index contributed by atoms with van der Waals surface area (Å²) in [5.41, 5.74) is 5.35. The lowest BCUT2D eigenvalue weighted by Crippen LogP contribution is -2.12. The first-order chi connectivity index (χ1) is 15.5. The fraction of sp³-hybridized carbons (Fsp3) is 0.174. The zero-order valence-electron chi connectivity index (χ0n) is 18.4. The number of hydrogen-bond acceptors (Lipinski definition) is 7. The molecule has 32 heavy (non-hydrogen) atoms. The summed E-state index contributed by atoms with van der Waals surface area (Å²) in [5, 5.41) is 12.2. The minimum absolute atomic E-state index is 0.627. The van der Waals surface area contributed by atoms with Gasteiger partial charge in [-0.1, -0.05) is 12.1 Å². The van der Waals surface area contributed by atoms with E-state index in [4.69, 9.17) is 0 Å². The molecule has 1 N–H and O–H groups in total. The SMILES string of the molecule is CN(c1cc2c(cn1)ncn2C)c1ccccc1C#N.CNc1cc2c(cn1)ncn2C. The van der Waals surface area contributed by atoms with Gasteiger partial charge in [-0.15, -0.1) is 0 Å². The Morgan fingerprint density at radius 3 is 2.19 bits per heavy atom. The lowest BCUT2D eigenvalue weighted by Gasteiger charge is -2.19. The maximum Gasteiger partial charge on any atom is 0.134 e. The molecule has 9 heteroatoms. The number of rotatable bonds is 3. The van der Waals surface area contributed by atoms with Crippen LogP contribution in [0.3, 0.4) is 0 Å². The quantitative estimate of drug-likeness (QED) is 0.471. The molecule has 4 aromatic heterocycles. The van der Waals surface area contributed by atoms with Crippen LogP contribution in [0.15, 0.2) is 61.4 Å². The second kappa shape index (κ2) is 8.73. The molecular weight excluding hydrogens is 402 g/mol. The molecule has 0 amide bonds. The second-order valence-corrected chi connectivity index (χ2v) is 7.24. The smallest absolute Gasteiger partial charge is 0.134 e. The molecule has 0 saturated carbocycles. The van der Waals surface area contributed by atoms with E-state index in [0.29, 0.717) is 5.56 Å². The van der Waals surface area contributed by atoms with Crippen LogP contribution in [0.5, 0.6) is 0 Å². The molecule has 0 aliphatic heterocycles. The summed E-state index contributed by atoms with van der Waals surface area (Å²) in [6.45, 7) is 0. The lowest BCUT2D eigenvalue weighted by molar-refractivity contribution is 0.946. The highest BCUT2D eigenvalue weighted by Gasteiger charge is 2.11. The van der Waals surface area contributed by atoms with Gasteiger partial charge in [0.05, 0.1) is 47.3 Å². The second-order valence-electron chi connectivity index (χ2n) is 7.24. The summed E-state index contributed by atoms with van der Waals surface area (Å²) in [5.74, 6) is 1.65. The summed E-state index contributed by atoms with van der Waals surface area (Å²) >= 11 is 0. The van der Waals surface area contributed by atoms with Crippen molar-refractivity contribution >= 4 is 39.4 Å². The minimum atomic E-state index is 0.627. The Morgan fingerprint density at radius 1 is 0.906 bits per heavy atom. The first kappa shape index (κ1) is 20.8. The molecule has 4 heterocycles. The molecule has 0 aliphatic carbocycles. The van der Waals surface area contributed by atoms with Crippen LogP contribution >= 0.6 is 0 Å². The van der Waals surface area contributed by atoms with Crippen molar-refractivity contribution in [2.75, 3.05) is 24.3 Å². The molecule has 9 nitrogen and oxygen atoms in total. The molecular formula is C23H23N9. The van der Waals surface area contributed by atoms with Gasteiger partial charge in [0.15, 0.2) is 0 Å². The third kappa shape index (κ3) is 3.94. The fourth-order valence-electron chi connectivity index (χ4n) is 3.35. The van der Waals surface area contributed by atoms with Crippen molar-refractivity contribution in [2.24, 2.45) is 14.1 Å². The number of para-hydroxylation sites is 1. The monoisotopic (exact) mass is 425 g/mol. The molecule has 0 bridgehead atoms. The molecule has 0 unspecified atom stereocenters. The molecule has 5 rings (SSSR count). The van der Waals surface area contributed by atoms with Gasteiger partial charge in [0.2, 0.25) is 0 Å². The van der Waals surface area contributed by atoms with Crippen LogP contribution in [-0.4, -0.2) is 43.2 Å². The molecule has 0 radical (unpaired) electrons. The average Bonchev–Trinajstić information content (AvgIpc) is 3.40. The van der Waals surface area contributed by atoms with Crippen LogP contribution in [0.1, 0.15) is 5.56 Å². The number of aromatic nitrogens is 6. The van der Waals surface area contributed by atoms with E-state index in [0.717, 1.165) is 39.4 Å². The summed E-state index contributed by atoms with van der Waals surface area (Å²) < 4.78 is 3.92. The van der Waals surface area contributed by atoms with Gasteiger partial charge in [0, 0.05) is 40.3 Å². The fourth-order valence-corrected chi connectivity index (χ4v) is 3.35. The van der Waals surface area contributed by atoms with Crippen LogP contribution in [0.2, 0.25) is 0 Å². The average molecular weight is 426 g/mol. The highest BCUT2D eigenvalue weighted by molar-refractivity contribution is 5.79. The van der Waals surface area contributed by atoms with E-state index in [1.165, 1.54) is 0 Å². The number of anilines is 3. The highest BCUT2D eigenvalue weighted by atomic mass is 15.2. The van der Waals surface area contributed by atoms with Gasteiger partial charge in [0.1, 0.15) is 28.7 Å². The molecule has 0 saturated heterocycles. The van der Waals surface area contributed by atoms with Crippen molar-refractivity contribution in [1.29, 1.82) is 5.26 Å². The van der Waals surface area contributed by atoms with Gasteiger partial charge in [-0.3, -0.25) is 0 Å². The number of hydrogen-bond donors (Lipinski definition) is 1. The Bertz CT molecular complexity index is 1420. The Labute approximate surface area is 185 Å². The van der Waals surface area contributed by atoms with E-state index in [-0.39, 0.29) is 0 Å².